The zero-order chi connectivity index (χ0) is 31.3. The van der Waals surface area contributed by atoms with Crippen molar-refractivity contribution >= 4 is 51.5 Å². The minimum absolute atomic E-state index is 0. The molecule has 0 aromatic rings. The normalized spacial score (nSPS) is 19.3. The van der Waals surface area contributed by atoms with Crippen LogP contribution in [0.15, 0.2) is 0 Å². The van der Waals surface area contributed by atoms with Crippen LogP contribution >= 0.6 is 0 Å². The molecule has 0 aromatic heterocycles. The molecule has 1 aliphatic heterocycles. The molecule has 0 atom stereocenters. The Kier molecular flexibility index (Phi) is 23.6. The van der Waals surface area contributed by atoms with E-state index in [4.69, 9.17) is 28.4 Å². The molecule has 0 aliphatic carbocycles. The van der Waals surface area contributed by atoms with Gasteiger partial charge >= 0.3 is 51.4 Å². The van der Waals surface area contributed by atoms with Gasteiger partial charge in [-0.3, -0.25) is 7.35 Å². The molecule has 41 heavy (non-hydrogen) atoms. The van der Waals surface area contributed by atoms with Gasteiger partial charge in [0.15, 0.2) is 0 Å². The van der Waals surface area contributed by atoms with E-state index in [9.17, 15) is 0 Å². The molecule has 0 saturated carbocycles. The maximum Gasteiger partial charge on any atom is 1.00 e. The van der Waals surface area contributed by atoms with Crippen molar-refractivity contribution in [3.05, 3.63) is 0 Å². The van der Waals surface area contributed by atoms with Crippen molar-refractivity contribution in [1.82, 2.24) is 0 Å². The summed E-state index contributed by atoms with van der Waals surface area (Å²) < 4.78 is 32.0. The predicted molar refractivity (Wildman–Crippen MR) is 193 cm³/mol. The van der Waals surface area contributed by atoms with Gasteiger partial charge in [-0.1, -0.05) is 98.2 Å². The molecule has 0 N–H and O–H groups in total. The van der Waals surface area contributed by atoms with E-state index in [-0.39, 0.29) is 58.7 Å². The van der Waals surface area contributed by atoms with Crippen LogP contribution in [-0.4, -0.2) is 131 Å². The molecule has 0 unspecified atom stereocenters. The van der Waals surface area contributed by atoms with Gasteiger partial charge in [-0.25, -0.2) is 0 Å². The van der Waals surface area contributed by atoms with Crippen LogP contribution in [0.2, 0.25) is 98.2 Å². The summed E-state index contributed by atoms with van der Waals surface area (Å²) in [4.78, 5) is 0. The van der Waals surface area contributed by atoms with Gasteiger partial charge in [-0.2, -0.15) is 0 Å². The summed E-state index contributed by atoms with van der Waals surface area (Å²) in [5, 5.41) is 0. The second-order valence-corrected chi connectivity index (χ2v) is 89.2. The molecule has 0 amide bonds. The summed E-state index contributed by atoms with van der Waals surface area (Å²) in [7, 11) is -6.50. The van der Waals surface area contributed by atoms with Crippen molar-refractivity contribution in [3.8, 4) is 0 Å². The van der Waals surface area contributed by atoms with E-state index in [0.717, 1.165) is 0 Å². The average molecular weight is 726 g/mol. The Labute approximate surface area is 305 Å². The Morgan fingerprint density at radius 3 is 0.512 bits per heavy atom. The van der Waals surface area contributed by atoms with Crippen LogP contribution in [0.25, 0.3) is 0 Å². The molecule has 6 nitrogen and oxygen atoms in total. The van der Waals surface area contributed by atoms with Crippen molar-refractivity contribution in [3.63, 3.8) is 0 Å². The zero-order valence-electron chi connectivity index (χ0n) is 30.4. The maximum atomic E-state index is 5.33. The van der Waals surface area contributed by atoms with Crippen LogP contribution < -0.4 is 51.4 Å². The molecule has 1 rings (SSSR count). The smallest absolute Gasteiger partial charge is 0.377 e. The molecular weight excluding hydrogens is 656 g/mol. The Bertz CT molecular complexity index is 544. The van der Waals surface area contributed by atoms with Crippen molar-refractivity contribution in [2.75, 3.05) is 79.3 Å². The van der Waals surface area contributed by atoms with E-state index in [1.165, 1.54) is 0 Å². The Morgan fingerprint density at radius 2 is 0.415 bits per heavy atom. The minimum Gasteiger partial charge on any atom is -0.377 e. The molecular formula is C27H69KO6Si7. The predicted octanol–water partition coefficient (Wildman–Crippen LogP) is 3.20. The summed E-state index contributed by atoms with van der Waals surface area (Å²) in [5.74, 6) is 0. The number of hydrogen-bond acceptors (Lipinski definition) is 6. The van der Waals surface area contributed by atoms with E-state index in [0.29, 0.717) is 79.3 Å². The van der Waals surface area contributed by atoms with Gasteiger partial charge in [-0.15, -0.1) is 21.3 Å². The first-order valence-corrected chi connectivity index (χ1v) is 42.5. The first-order valence-electron chi connectivity index (χ1n) is 15.5. The molecule has 0 aromatic carbocycles. The SMILES string of the molecule is C1COCCOCCOCCOCCOCCO1.C[Si](C)(C)[Si](C)(C)[Si-]([Si](C)(C)[Si](C)(C)C)[Si](C)(C)[Si](C)(C)C.[K+]. The largest absolute Gasteiger partial charge is 1.00 e. The van der Waals surface area contributed by atoms with E-state index in [1.807, 2.05) is 0 Å². The summed E-state index contributed by atoms with van der Waals surface area (Å²) in [6, 6.07) is 0. The summed E-state index contributed by atoms with van der Waals surface area (Å²) >= 11 is 0. The van der Waals surface area contributed by atoms with Crippen LogP contribution in [0.5, 0.6) is 0 Å². The van der Waals surface area contributed by atoms with Gasteiger partial charge in [0, 0.05) is 22.8 Å². The van der Waals surface area contributed by atoms with Gasteiger partial charge in [0.2, 0.25) is 0 Å². The fraction of sp³-hybridized carbons (Fsp3) is 1.00. The standard InChI is InChI=1S/C15H45Si7.C12H24O6.K/c1-17(2,3)20(10,11)16(21(12,13)18(4,5)6)22(14,15)19(7,8)9;1-2-14-5-6-16-9-10-18-12-11-17-8-7-15-4-3-13-1;/h1-15H3;1-12H2;/q-1;;+1. The topological polar surface area (TPSA) is 55.4 Å². The van der Waals surface area contributed by atoms with E-state index in [2.05, 4.69) is 98.2 Å². The fourth-order valence-corrected chi connectivity index (χ4v) is 216. The van der Waals surface area contributed by atoms with E-state index in [1.54, 1.807) is 0 Å². The second-order valence-electron chi connectivity index (χ2n) is 15.7. The number of ether oxygens (including phenoxy) is 6. The first-order chi connectivity index (χ1) is 18.1. The van der Waals surface area contributed by atoms with Crippen LogP contribution in [-0.2, 0) is 28.4 Å². The molecule has 242 valence electrons. The van der Waals surface area contributed by atoms with Crippen molar-refractivity contribution in [2.24, 2.45) is 0 Å². The molecule has 1 fully saturated rings. The third-order valence-corrected chi connectivity index (χ3v) is 144. The van der Waals surface area contributed by atoms with Crippen molar-refractivity contribution < 1.29 is 79.8 Å². The van der Waals surface area contributed by atoms with E-state index >= 15 is 0 Å². The summed E-state index contributed by atoms with van der Waals surface area (Å²) in [6.45, 7) is 48.6. The zero-order valence-corrected chi connectivity index (χ0v) is 40.6. The second kappa shape index (κ2) is 21.0. The molecule has 1 saturated heterocycles. The van der Waals surface area contributed by atoms with Crippen LogP contribution in [0.4, 0.5) is 0 Å². The number of hydrogen-bond donors (Lipinski definition) is 0. The van der Waals surface area contributed by atoms with Gasteiger partial charge in [0.1, 0.15) is 0 Å². The van der Waals surface area contributed by atoms with Crippen molar-refractivity contribution in [1.29, 1.82) is 0 Å². The monoisotopic (exact) mass is 724 g/mol. The third-order valence-electron chi connectivity index (χ3n) is 9.73. The van der Waals surface area contributed by atoms with Crippen LogP contribution in [0, 0.1) is 0 Å². The van der Waals surface area contributed by atoms with Gasteiger partial charge < -0.3 is 28.4 Å². The quantitative estimate of drug-likeness (QED) is 0.393. The molecule has 1 aliphatic rings. The molecule has 0 spiro atoms. The maximum absolute atomic E-state index is 5.33. The fourth-order valence-electron chi connectivity index (χ4n) is 4.79. The Morgan fingerprint density at radius 1 is 0.293 bits per heavy atom. The third kappa shape index (κ3) is 16.5. The average Bonchev–Trinajstić information content (AvgIpc) is 2.77. The Hall–Kier alpha value is 2.91. The molecule has 0 bridgehead atoms. The van der Waals surface area contributed by atoms with Crippen LogP contribution in [0.3, 0.4) is 0 Å². The van der Waals surface area contributed by atoms with E-state index < -0.39 is 44.1 Å². The molecule has 14 heteroatoms. The van der Waals surface area contributed by atoms with Gasteiger partial charge in [0.05, 0.1) is 79.3 Å². The number of rotatable bonds is 6. The van der Waals surface area contributed by atoms with Gasteiger partial charge in [-0.05, 0) is 0 Å². The van der Waals surface area contributed by atoms with Crippen LogP contribution in [0.1, 0.15) is 0 Å². The summed E-state index contributed by atoms with van der Waals surface area (Å²) in [6.07, 6.45) is 0. The molecule has 0 radical (unpaired) electrons. The minimum atomic E-state index is -1.09. The first kappa shape index (κ1) is 46.0. The summed E-state index contributed by atoms with van der Waals surface area (Å²) in [5.41, 5.74) is 0. The van der Waals surface area contributed by atoms with Gasteiger partial charge in [0.25, 0.3) is 0 Å². The Balaban J connectivity index is 0. The molecule has 1 heterocycles. The van der Waals surface area contributed by atoms with Crippen molar-refractivity contribution in [2.45, 2.75) is 98.2 Å².